The number of urea groups is 1. The highest BCUT2D eigenvalue weighted by Crippen LogP contribution is 2.36. The van der Waals surface area contributed by atoms with E-state index in [0.29, 0.717) is 23.8 Å². The lowest BCUT2D eigenvalue weighted by Crippen LogP contribution is -2.56. The van der Waals surface area contributed by atoms with Gasteiger partial charge < -0.3 is 15.7 Å². The predicted octanol–water partition coefficient (Wildman–Crippen LogP) is 3.67. The number of carbonyl (C=O) groups excluding carboxylic acids is 1. The first-order valence-electron chi connectivity index (χ1n) is 9.26. The number of amides is 2. The second-order valence-corrected chi connectivity index (χ2v) is 8.02. The molecular weight excluding hydrogens is 334 g/mol. The van der Waals surface area contributed by atoms with Crippen LogP contribution in [0.25, 0.3) is 0 Å². The molecule has 3 rings (SSSR count). The SMILES string of the molecule is [B][C@]1(NC(=O)N[C@@H](c2cccc(Cl)c2)C2CCCC2)CCC[C@H](O)C1. The van der Waals surface area contributed by atoms with Gasteiger partial charge in [0.1, 0.15) is 7.85 Å². The van der Waals surface area contributed by atoms with Crippen molar-refractivity contribution in [3.05, 3.63) is 34.9 Å². The summed E-state index contributed by atoms with van der Waals surface area (Å²) in [6.45, 7) is 0. The third-order valence-corrected chi connectivity index (χ3v) is 5.72. The highest BCUT2D eigenvalue weighted by molar-refractivity contribution is 6.30. The van der Waals surface area contributed by atoms with E-state index in [1.165, 1.54) is 12.8 Å². The number of carbonyl (C=O) groups is 1. The Balaban J connectivity index is 1.70. The van der Waals surface area contributed by atoms with E-state index in [9.17, 15) is 9.90 Å². The third kappa shape index (κ3) is 4.92. The van der Waals surface area contributed by atoms with Crippen LogP contribution in [-0.4, -0.2) is 30.5 Å². The van der Waals surface area contributed by atoms with Gasteiger partial charge in [-0.05, 0) is 62.1 Å². The van der Waals surface area contributed by atoms with Crippen molar-refractivity contribution in [2.45, 2.75) is 69.0 Å². The maximum Gasteiger partial charge on any atom is 0.315 e. The normalized spacial score (nSPS) is 28.5. The van der Waals surface area contributed by atoms with Crippen molar-refractivity contribution in [2.24, 2.45) is 5.92 Å². The largest absolute Gasteiger partial charge is 0.393 e. The van der Waals surface area contributed by atoms with Crippen LogP contribution in [0.4, 0.5) is 4.79 Å². The Morgan fingerprint density at radius 2 is 2.04 bits per heavy atom. The fourth-order valence-electron chi connectivity index (χ4n) is 4.26. The molecular formula is C19H26BClN2O2. The van der Waals surface area contributed by atoms with Crippen LogP contribution in [0.3, 0.4) is 0 Å². The molecule has 4 nitrogen and oxygen atoms in total. The summed E-state index contributed by atoms with van der Waals surface area (Å²) in [6, 6.07) is 7.35. The molecule has 2 amide bonds. The Kier molecular flexibility index (Phi) is 5.95. The van der Waals surface area contributed by atoms with Crippen molar-refractivity contribution in [3.63, 3.8) is 0 Å². The zero-order valence-corrected chi connectivity index (χ0v) is 15.3. The Hall–Kier alpha value is -1.20. The summed E-state index contributed by atoms with van der Waals surface area (Å²) in [7, 11) is 6.29. The molecule has 3 N–H and O–H groups in total. The molecule has 0 spiro atoms. The van der Waals surface area contributed by atoms with Gasteiger partial charge >= 0.3 is 6.03 Å². The second-order valence-electron chi connectivity index (χ2n) is 7.58. The fraction of sp³-hybridized carbons (Fsp3) is 0.632. The Morgan fingerprint density at radius 1 is 1.28 bits per heavy atom. The van der Waals surface area contributed by atoms with Gasteiger partial charge in [-0.15, -0.1) is 0 Å². The molecule has 25 heavy (non-hydrogen) atoms. The number of benzene rings is 1. The van der Waals surface area contributed by atoms with E-state index in [2.05, 4.69) is 10.6 Å². The number of nitrogens with one attached hydrogen (secondary N) is 2. The van der Waals surface area contributed by atoms with Gasteiger partial charge in [0.15, 0.2) is 0 Å². The summed E-state index contributed by atoms with van der Waals surface area (Å²) in [4.78, 5) is 12.6. The number of aliphatic hydroxyl groups excluding tert-OH is 1. The first-order valence-corrected chi connectivity index (χ1v) is 9.64. The standard InChI is InChI=1S/C19H26BClN2O2/c20-19(10-4-9-16(24)12-19)23-18(25)22-17(13-5-1-2-6-13)14-7-3-8-15(21)11-14/h3,7-8,11,13,16-17,24H,1-2,4-6,9-10,12H2,(H2,22,23,25)/t16-,17+,19-/m0/s1. The zero-order valence-electron chi connectivity index (χ0n) is 14.5. The summed E-state index contributed by atoms with van der Waals surface area (Å²) < 4.78 is 0. The van der Waals surface area contributed by atoms with Gasteiger partial charge in [0.2, 0.25) is 0 Å². The molecule has 0 heterocycles. The Morgan fingerprint density at radius 3 is 2.72 bits per heavy atom. The quantitative estimate of drug-likeness (QED) is 0.717. The van der Waals surface area contributed by atoms with Crippen LogP contribution >= 0.6 is 11.6 Å². The molecule has 0 aromatic heterocycles. The van der Waals surface area contributed by atoms with Crippen LogP contribution in [0.5, 0.6) is 0 Å². The van der Waals surface area contributed by atoms with Gasteiger partial charge in [-0.1, -0.05) is 36.6 Å². The molecule has 6 heteroatoms. The van der Waals surface area contributed by atoms with Gasteiger partial charge in [0.25, 0.3) is 0 Å². The van der Waals surface area contributed by atoms with Crippen molar-refractivity contribution in [1.29, 1.82) is 0 Å². The van der Waals surface area contributed by atoms with E-state index in [-0.39, 0.29) is 12.1 Å². The molecule has 0 bridgehead atoms. The molecule has 1 aromatic carbocycles. The fourth-order valence-corrected chi connectivity index (χ4v) is 4.46. The lowest BCUT2D eigenvalue weighted by molar-refractivity contribution is 0.102. The summed E-state index contributed by atoms with van der Waals surface area (Å²) >= 11 is 6.15. The Bertz CT molecular complexity index is 609. The molecule has 2 radical (unpaired) electrons. The van der Waals surface area contributed by atoms with Crippen LogP contribution in [0, 0.1) is 5.92 Å². The molecule has 0 unspecified atom stereocenters. The number of hydrogen-bond acceptors (Lipinski definition) is 2. The number of halogens is 1. The summed E-state index contributed by atoms with van der Waals surface area (Å²) in [5, 5.41) is 16.5. The zero-order chi connectivity index (χ0) is 17.9. The van der Waals surface area contributed by atoms with Crippen LogP contribution in [0.1, 0.15) is 63.0 Å². The van der Waals surface area contributed by atoms with E-state index < -0.39 is 11.5 Å². The summed E-state index contributed by atoms with van der Waals surface area (Å²) in [5.74, 6) is 0.412. The van der Waals surface area contributed by atoms with Crippen LogP contribution in [0.2, 0.25) is 5.02 Å². The van der Waals surface area contributed by atoms with Crippen molar-refractivity contribution in [2.75, 3.05) is 0 Å². The molecule has 3 atom stereocenters. The van der Waals surface area contributed by atoms with Gasteiger partial charge in [-0.25, -0.2) is 4.79 Å². The van der Waals surface area contributed by atoms with Crippen LogP contribution < -0.4 is 10.6 Å². The monoisotopic (exact) mass is 360 g/mol. The average Bonchev–Trinajstić information content (AvgIpc) is 3.06. The molecule has 2 aliphatic rings. The van der Waals surface area contributed by atoms with Crippen molar-refractivity contribution in [1.82, 2.24) is 10.6 Å². The van der Waals surface area contributed by atoms with Crippen LogP contribution in [-0.2, 0) is 0 Å². The van der Waals surface area contributed by atoms with E-state index in [1.807, 2.05) is 24.3 Å². The third-order valence-electron chi connectivity index (χ3n) is 5.49. The minimum Gasteiger partial charge on any atom is -0.393 e. The number of hydrogen-bond donors (Lipinski definition) is 3. The lowest BCUT2D eigenvalue weighted by atomic mass is 9.66. The first kappa shape index (κ1) is 18.6. The molecule has 134 valence electrons. The average molecular weight is 361 g/mol. The van der Waals surface area contributed by atoms with E-state index in [4.69, 9.17) is 19.4 Å². The maximum absolute atomic E-state index is 12.6. The topological polar surface area (TPSA) is 61.4 Å². The second kappa shape index (κ2) is 8.00. The molecule has 1 aromatic rings. The van der Waals surface area contributed by atoms with Crippen molar-refractivity contribution < 1.29 is 9.90 Å². The van der Waals surface area contributed by atoms with Crippen LogP contribution in [0.15, 0.2) is 24.3 Å². The highest BCUT2D eigenvalue weighted by atomic mass is 35.5. The highest BCUT2D eigenvalue weighted by Gasteiger charge is 2.34. The molecule has 2 aliphatic carbocycles. The van der Waals surface area contributed by atoms with E-state index in [1.54, 1.807) is 0 Å². The molecule has 2 saturated carbocycles. The smallest absolute Gasteiger partial charge is 0.315 e. The predicted molar refractivity (Wildman–Crippen MR) is 101 cm³/mol. The summed E-state index contributed by atoms with van der Waals surface area (Å²) in [6.07, 6.45) is 6.78. The van der Waals surface area contributed by atoms with Gasteiger partial charge in [-0.2, -0.15) is 0 Å². The minimum atomic E-state index is -0.837. The maximum atomic E-state index is 12.6. The van der Waals surface area contributed by atoms with E-state index >= 15 is 0 Å². The molecule has 2 fully saturated rings. The van der Waals surface area contributed by atoms with Crippen molar-refractivity contribution >= 4 is 25.5 Å². The molecule has 0 saturated heterocycles. The van der Waals surface area contributed by atoms with Gasteiger partial charge in [0, 0.05) is 10.5 Å². The van der Waals surface area contributed by atoms with Gasteiger partial charge in [0.05, 0.1) is 12.1 Å². The first-order chi connectivity index (χ1) is 12.0. The van der Waals surface area contributed by atoms with E-state index in [0.717, 1.165) is 31.2 Å². The minimum absolute atomic E-state index is 0.0710. The Labute approximate surface area is 156 Å². The number of rotatable bonds is 4. The van der Waals surface area contributed by atoms with Crippen molar-refractivity contribution in [3.8, 4) is 0 Å². The van der Waals surface area contributed by atoms with Gasteiger partial charge in [-0.3, -0.25) is 0 Å². The summed E-state index contributed by atoms with van der Waals surface area (Å²) in [5.41, 5.74) is 0.195. The lowest BCUT2D eigenvalue weighted by Gasteiger charge is -2.38. The number of aliphatic hydroxyl groups is 1. The molecule has 0 aliphatic heterocycles.